The Bertz CT molecular complexity index is 74.0. The molecule has 1 aliphatic rings. The van der Waals surface area contributed by atoms with E-state index in [4.69, 9.17) is 11.6 Å². The predicted molar refractivity (Wildman–Crippen MR) is 27.8 cm³/mol. The Labute approximate surface area is 42.8 Å². The molecule has 0 spiro atoms. The van der Waals surface area contributed by atoms with E-state index in [0.29, 0.717) is 0 Å². The van der Waals surface area contributed by atoms with Crippen LogP contribution in [0.15, 0.2) is 11.1 Å². The molecule has 0 aliphatic heterocycles. The summed E-state index contributed by atoms with van der Waals surface area (Å²) in [5, 5.41) is 1.05. The smallest absolute Gasteiger partial charge is 0.0141 e. The summed E-state index contributed by atoms with van der Waals surface area (Å²) in [6, 6.07) is 0. The minimum absolute atomic E-state index is 1.05. The lowest BCUT2D eigenvalue weighted by molar-refractivity contribution is 0.924. The van der Waals surface area contributed by atoms with Crippen LogP contribution in [0.2, 0.25) is 0 Å². The van der Waals surface area contributed by atoms with Crippen molar-refractivity contribution in [2.75, 3.05) is 0 Å². The first kappa shape index (κ1) is 4.20. The van der Waals surface area contributed by atoms with Gasteiger partial charge in [0, 0.05) is 5.03 Å². The van der Waals surface area contributed by atoms with Crippen LogP contribution < -0.4 is 0 Å². The van der Waals surface area contributed by atoms with E-state index >= 15 is 0 Å². The second-order valence-electron chi connectivity index (χ2n) is 1.54. The van der Waals surface area contributed by atoms with Crippen LogP contribution in [0, 0.1) is 0 Å². The molecule has 0 fully saturated rings. The van der Waals surface area contributed by atoms with Gasteiger partial charge < -0.3 is 0 Å². The quantitative estimate of drug-likeness (QED) is 0.440. The normalized spacial score (nSPS) is 21.2. The highest BCUT2D eigenvalue weighted by molar-refractivity contribution is 6.29. The van der Waals surface area contributed by atoms with Crippen LogP contribution in [0.4, 0.5) is 0 Å². The summed E-state index contributed by atoms with van der Waals surface area (Å²) in [6.45, 7) is 0. The van der Waals surface area contributed by atoms with E-state index in [1.807, 2.05) is 0 Å². The molecule has 1 aliphatic carbocycles. The minimum atomic E-state index is 1.05. The van der Waals surface area contributed by atoms with Gasteiger partial charge in [-0.2, -0.15) is 0 Å². The molecule has 0 aromatic heterocycles. The second kappa shape index (κ2) is 1.65. The van der Waals surface area contributed by atoms with Gasteiger partial charge in [0.25, 0.3) is 0 Å². The fourth-order valence-corrected chi connectivity index (χ4v) is 0.874. The lowest BCUT2D eigenvalue weighted by Gasteiger charge is -1.76. The van der Waals surface area contributed by atoms with Gasteiger partial charge >= 0.3 is 0 Å². The van der Waals surface area contributed by atoms with Crippen LogP contribution in [-0.4, -0.2) is 0 Å². The van der Waals surface area contributed by atoms with Crippen molar-refractivity contribution < 1.29 is 0 Å². The van der Waals surface area contributed by atoms with Crippen LogP contribution >= 0.6 is 11.6 Å². The third-order valence-corrected chi connectivity index (χ3v) is 1.33. The molecule has 0 radical (unpaired) electrons. The van der Waals surface area contributed by atoms with Gasteiger partial charge in [-0.15, -0.1) is 0 Å². The van der Waals surface area contributed by atoms with Gasteiger partial charge in [0.05, 0.1) is 0 Å². The molecule has 0 heterocycles. The number of hydrogen-bond donors (Lipinski definition) is 0. The largest absolute Gasteiger partial charge is 0.0895 e. The zero-order chi connectivity index (χ0) is 4.41. The molecule has 0 unspecified atom stereocenters. The van der Waals surface area contributed by atoms with Gasteiger partial charge in [0.15, 0.2) is 0 Å². The first-order chi connectivity index (χ1) is 2.89. The summed E-state index contributed by atoms with van der Waals surface area (Å²) in [5.41, 5.74) is 0. The lowest BCUT2D eigenvalue weighted by atomic mass is 10.4. The average Bonchev–Trinajstić information content (AvgIpc) is 1.86. The zero-order valence-electron chi connectivity index (χ0n) is 3.58. The molecule has 0 atom stereocenters. The maximum absolute atomic E-state index is 5.57. The molecule has 0 bridgehead atoms. The Morgan fingerprint density at radius 3 is 2.67 bits per heavy atom. The van der Waals surface area contributed by atoms with E-state index in [-0.39, 0.29) is 0 Å². The van der Waals surface area contributed by atoms with E-state index < -0.39 is 0 Å². The maximum Gasteiger partial charge on any atom is 0.0141 e. The van der Waals surface area contributed by atoms with Crippen molar-refractivity contribution in [3.05, 3.63) is 11.1 Å². The molecule has 0 nitrogen and oxygen atoms in total. The van der Waals surface area contributed by atoms with Crippen molar-refractivity contribution in [1.29, 1.82) is 0 Å². The molecule has 0 aromatic carbocycles. The van der Waals surface area contributed by atoms with Gasteiger partial charge in [0.1, 0.15) is 0 Å². The van der Waals surface area contributed by atoms with E-state index in [1.165, 1.54) is 12.8 Å². The molecule has 0 aromatic rings. The molecule has 1 rings (SSSR count). The van der Waals surface area contributed by atoms with Crippen molar-refractivity contribution >= 4 is 11.6 Å². The third-order valence-electron chi connectivity index (χ3n) is 0.986. The topological polar surface area (TPSA) is 0 Å². The third kappa shape index (κ3) is 0.749. The zero-order valence-corrected chi connectivity index (χ0v) is 4.33. The van der Waals surface area contributed by atoms with Crippen LogP contribution in [0.25, 0.3) is 0 Å². The van der Waals surface area contributed by atoms with Crippen LogP contribution in [0.5, 0.6) is 0 Å². The van der Waals surface area contributed by atoms with Crippen LogP contribution in [-0.2, 0) is 0 Å². The Kier molecular flexibility index (Phi) is 1.16. The van der Waals surface area contributed by atoms with Crippen molar-refractivity contribution in [2.24, 2.45) is 0 Å². The Balaban J connectivity index is 2.45. The summed E-state index contributed by atoms with van der Waals surface area (Å²) in [7, 11) is 0. The molecule has 0 amide bonds. The molecular formula is C5H7Cl. The molecule has 0 saturated carbocycles. The second-order valence-corrected chi connectivity index (χ2v) is 2.03. The standard InChI is InChI=1S/C5H7Cl/c6-5-3-1-2-4-5/h3H,1-2,4H2. The number of allylic oxidation sites excluding steroid dienone is 2. The van der Waals surface area contributed by atoms with Crippen molar-refractivity contribution in [1.82, 2.24) is 0 Å². The lowest BCUT2D eigenvalue weighted by Crippen LogP contribution is -1.55. The number of hydrogen-bond acceptors (Lipinski definition) is 0. The fraction of sp³-hybridized carbons (Fsp3) is 0.600. The Morgan fingerprint density at radius 1 is 1.67 bits per heavy atom. The minimum Gasteiger partial charge on any atom is -0.0895 e. The fourth-order valence-electron chi connectivity index (χ4n) is 0.632. The van der Waals surface area contributed by atoms with E-state index in [0.717, 1.165) is 11.5 Å². The summed E-state index contributed by atoms with van der Waals surface area (Å²) in [5.74, 6) is 0. The van der Waals surface area contributed by atoms with Gasteiger partial charge in [-0.05, 0) is 19.3 Å². The van der Waals surface area contributed by atoms with E-state index in [2.05, 4.69) is 6.08 Å². The van der Waals surface area contributed by atoms with Crippen molar-refractivity contribution in [2.45, 2.75) is 19.3 Å². The molecule has 0 N–H and O–H groups in total. The average molecular weight is 103 g/mol. The highest BCUT2D eigenvalue weighted by Crippen LogP contribution is 2.19. The Morgan fingerprint density at radius 2 is 2.50 bits per heavy atom. The van der Waals surface area contributed by atoms with Gasteiger partial charge in [0.2, 0.25) is 0 Å². The molecular weight excluding hydrogens is 95.5 g/mol. The van der Waals surface area contributed by atoms with Gasteiger partial charge in [-0.3, -0.25) is 0 Å². The Hall–Kier alpha value is 0.0300. The molecule has 6 heavy (non-hydrogen) atoms. The summed E-state index contributed by atoms with van der Waals surface area (Å²) in [4.78, 5) is 0. The van der Waals surface area contributed by atoms with Crippen LogP contribution in [0.1, 0.15) is 19.3 Å². The van der Waals surface area contributed by atoms with Crippen molar-refractivity contribution in [3.63, 3.8) is 0 Å². The molecule has 0 saturated heterocycles. The highest BCUT2D eigenvalue weighted by Gasteiger charge is 1.97. The maximum atomic E-state index is 5.57. The summed E-state index contributed by atoms with van der Waals surface area (Å²) in [6.07, 6.45) is 5.65. The summed E-state index contributed by atoms with van der Waals surface area (Å²) < 4.78 is 0. The van der Waals surface area contributed by atoms with E-state index in [1.54, 1.807) is 0 Å². The predicted octanol–water partition coefficient (Wildman–Crippen LogP) is 2.29. The van der Waals surface area contributed by atoms with Gasteiger partial charge in [-0.25, -0.2) is 0 Å². The monoisotopic (exact) mass is 102 g/mol. The highest BCUT2D eigenvalue weighted by atomic mass is 35.5. The van der Waals surface area contributed by atoms with Gasteiger partial charge in [-0.1, -0.05) is 17.7 Å². The number of rotatable bonds is 0. The number of halogens is 1. The van der Waals surface area contributed by atoms with Crippen LogP contribution in [0.3, 0.4) is 0 Å². The summed E-state index contributed by atoms with van der Waals surface area (Å²) >= 11 is 5.57. The first-order valence-electron chi connectivity index (χ1n) is 2.24. The first-order valence-corrected chi connectivity index (χ1v) is 2.62. The van der Waals surface area contributed by atoms with Crippen molar-refractivity contribution in [3.8, 4) is 0 Å². The van der Waals surface area contributed by atoms with E-state index in [9.17, 15) is 0 Å². The molecule has 34 valence electrons. The molecule has 1 heteroatoms. The SMILES string of the molecule is ClC1=CCCC1.